The number of benzene rings is 1. The van der Waals surface area contributed by atoms with Crippen LogP contribution in [0.15, 0.2) is 18.2 Å². The van der Waals surface area contributed by atoms with Crippen LogP contribution in [0.1, 0.15) is 44.9 Å². The SMILES string of the molecule is O=C1CC2(CCCCC2)CC(=O)N1c1ccc(F)cc1I. The number of imide groups is 1. The molecule has 2 fully saturated rings. The number of hydrogen-bond donors (Lipinski definition) is 0. The average Bonchev–Trinajstić information content (AvgIpc) is 2.41. The smallest absolute Gasteiger partial charge is 0.234 e. The van der Waals surface area contributed by atoms with E-state index in [1.165, 1.54) is 29.5 Å². The summed E-state index contributed by atoms with van der Waals surface area (Å²) in [5.41, 5.74) is 0.395. The van der Waals surface area contributed by atoms with Crippen LogP contribution in [-0.2, 0) is 9.59 Å². The quantitative estimate of drug-likeness (QED) is 0.527. The van der Waals surface area contributed by atoms with E-state index in [9.17, 15) is 14.0 Å². The Morgan fingerprint density at radius 3 is 2.24 bits per heavy atom. The maximum Gasteiger partial charge on any atom is 0.234 e. The van der Waals surface area contributed by atoms with E-state index in [2.05, 4.69) is 0 Å². The summed E-state index contributed by atoms with van der Waals surface area (Å²) in [6.07, 6.45) is 6.23. The number of rotatable bonds is 1. The average molecular weight is 401 g/mol. The van der Waals surface area contributed by atoms with E-state index < -0.39 is 0 Å². The topological polar surface area (TPSA) is 37.4 Å². The van der Waals surface area contributed by atoms with Crippen molar-refractivity contribution < 1.29 is 14.0 Å². The maximum atomic E-state index is 13.2. The number of carbonyl (C=O) groups is 2. The first-order valence-corrected chi connectivity index (χ1v) is 8.40. The Balaban J connectivity index is 1.88. The zero-order chi connectivity index (χ0) is 15.0. The van der Waals surface area contributed by atoms with E-state index in [1.807, 2.05) is 22.6 Å². The van der Waals surface area contributed by atoms with Crippen LogP contribution >= 0.6 is 22.6 Å². The first kappa shape index (κ1) is 14.9. The van der Waals surface area contributed by atoms with E-state index in [0.29, 0.717) is 22.1 Å². The summed E-state index contributed by atoms with van der Waals surface area (Å²) < 4.78 is 13.8. The van der Waals surface area contributed by atoms with Crippen LogP contribution in [0.3, 0.4) is 0 Å². The maximum absolute atomic E-state index is 13.2. The molecule has 0 aromatic heterocycles. The van der Waals surface area contributed by atoms with Crippen LogP contribution in [0.2, 0.25) is 0 Å². The van der Waals surface area contributed by atoms with Crippen LogP contribution in [0.25, 0.3) is 0 Å². The summed E-state index contributed by atoms with van der Waals surface area (Å²) in [4.78, 5) is 26.3. The van der Waals surface area contributed by atoms with Gasteiger partial charge in [0.15, 0.2) is 0 Å². The lowest BCUT2D eigenvalue weighted by Crippen LogP contribution is -2.49. The first-order valence-electron chi connectivity index (χ1n) is 7.32. The molecule has 112 valence electrons. The molecule has 1 aromatic rings. The molecule has 21 heavy (non-hydrogen) atoms. The van der Waals surface area contributed by atoms with Crippen molar-refractivity contribution in [3.05, 3.63) is 27.6 Å². The second-order valence-corrected chi connectivity index (χ2v) is 7.30. The van der Waals surface area contributed by atoms with Crippen LogP contribution < -0.4 is 4.90 Å². The summed E-state index contributed by atoms with van der Waals surface area (Å²) in [6.45, 7) is 0. The number of halogens is 2. The number of piperidine rings is 1. The molecule has 1 aromatic carbocycles. The molecule has 1 aliphatic heterocycles. The molecule has 1 spiro atoms. The highest BCUT2D eigenvalue weighted by Crippen LogP contribution is 2.46. The molecule has 1 aliphatic carbocycles. The summed E-state index contributed by atoms with van der Waals surface area (Å²) in [5, 5.41) is 0. The standard InChI is InChI=1S/C16H17FINO2/c17-11-4-5-13(12(18)8-11)19-14(20)9-16(10-15(19)21)6-2-1-3-7-16/h4-5,8H,1-3,6-7,9-10H2. The van der Waals surface area contributed by atoms with Gasteiger partial charge in [-0.15, -0.1) is 0 Å². The van der Waals surface area contributed by atoms with Gasteiger partial charge in [-0.25, -0.2) is 9.29 Å². The fourth-order valence-electron chi connectivity index (χ4n) is 3.59. The van der Waals surface area contributed by atoms with Crippen LogP contribution in [0.4, 0.5) is 10.1 Å². The molecule has 0 atom stereocenters. The zero-order valence-electron chi connectivity index (χ0n) is 11.7. The minimum Gasteiger partial charge on any atom is -0.274 e. The monoisotopic (exact) mass is 401 g/mol. The molecule has 0 unspecified atom stereocenters. The largest absolute Gasteiger partial charge is 0.274 e. The Kier molecular flexibility index (Phi) is 4.03. The molecular weight excluding hydrogens is 384 g/mol. The lowest BCUT2D eigenvalue weighted by molar-refractivity contribution is -0.134. The Labute approximate surface area is 137 Å². The van der Waals surface area contributed by atoms with Gasteiger partial charge in [-0.1, -0.05) is 19.3 Å². The van der Waals surface area contributed by atoms with Crippen molar-refractivity contribution >= 4 is 40.1 Å². The lowest BCUT2D eigenvalue weighted by atomic mass is 9.67. The van der Waals surface area contributed by atoms with Crippen LogP contribution in [0.5, 0.6) is 0 Å². The molecule has 2 aliphatic rings. The van der Waals surface area contributed by atoms with E-state index in [0.717, 1.165) is 25.7 Å². The fraction of sp³-hybridized carbons (Fsp3) is 0.500. The van der Waals surface area contributed by atoms with Crippen molar-refractivity contribution in [3.8, 4) is 0 Å². The van der Waals surface area contributed by atoms with Gasteiger partial charge in [0.25, 0.3) is 0 Å². The molecule has 0 radical (unpaired) electrons. The summed E-state index contributed by atoms with van der Waals surface area (Å²) >= 11 is 1.97. The van der Waals surface area contributed by atoms with Crippen molar-refractivity contribution in [2.75, 3.05) is 4.90 Å². The number of nitrogens with zero attached hydrogens (tertiary/aromatic N) is 1. The molecule has 0 bridgehead atoms. The van der Waals surface area contributed by atoms with Crippen molar-refractivity contribution in [2.24, 2.45) is 5.41 Å². The van der Waals surface area contributed by atoms with Crippen molar-refractivity contribution in [1.29, 1.82) is 0 Å². The summed E-state index contributed by atoms with van der Waals surface area (Å²) in [6, 6.07) is 4.16. The normalized spacial score (nSPS) is 21.9. The van der Waals surface area contributed by atoms with Gasteiger partial charge in [-0.05, 0) is 59.0 Å². The van der Waals surface area contributed by atoms with Gasteiger partial charge in [-0.3, -0.25) is 9.59 Å². The predicted molar refractivity (Wildman–Crippen MR) is 86.4 cm³/mol. The summed E-state index contributed by atoms with van der Waals surface area (Å²) in [7, 11) is 0. The van der Waals surface area contributed by atoms with E-state index in [4.69, 9.17) is 0 Å². The highest BCUT2D eigenvalue weighted by molar-refractivity contribution is 14.1. The van der Waals surface area contributed by atoms with Crippen LogP contribution in [-0.4, -0.2) is 11.8 Å². The molecule has 0 N–H and O–H groups in total. The Bertz CT molecular complexity index is 576. The third-order valence-electron chi connectivity index (χ3n) is 4.62. The number of hydrogen-bond acceptors (Lipinski definition) is 2. The number of carbonyl (C=O) groups excluding carboxylic acids is 2. The second-order valence-electron chi connectivity index (χ2n) is 6.13. The molecule has 3 nitrogen and oxygen atoms in total. The zero-order valence-corrected chi connectivity index (χ0v) is 13.9. The minimum atomic E-state index is -0.358. The second kappa shape index (κ2) is 5.66. The molecule has 1 saturated carbocycles. The molecule has 3 rings (SSSR count). The van der Waals surface area contributed by atoms with Crippen LogP contribution in [0, 0.1) is 14.8 Å². The predicted octanol–water partition coefficient (Wildman–Crippen LogP) is 4.03. The first-order chi connectivity index (χ1) is 10.0. The van der Waals surface area contributed by atoms with Gasteiger partial charge in [0.1, 0.15) is 5.82 Å². The highest BCUT2D eigenvalue weighted by atomic mass is 127. The van der Waals surface area contributed by atoms with Crippen molar-refractivity contribution in [1.82, 2.24) is 0 Å². The van der Waals surface area contributed by atoms with Gasteiger partial charge in [-0.2, -0.15) is 0 Å². The molecule has 1 saturated heterocycles. The molecule has 5 heteroatoms. The summed E-state index contributed by atoms with van der Waals surface area (Å²) in [5.74, 6) is -0.640. The lowest BCUT2D eigenvalue weighted by Gasteiger charge is -2.42. The van der Waals surface area contributed by atoms with E-state index in [-0.39, 0.29) is 23.0 Å². The Morgan fingerprint density at radius 1 is 1.05 bits per heavy atom. The van der Waals surface area contributed by atoms with Gasteiger partial charge in [0.05, 0.1) is 5.69 Å². The molecule has 2 amide bonds. The van der Waals surface area contributed by atoms with Gasteiger partial charge >= 0.3 is 0 Å². The Morgan fingerprint density at radius 2 is 1.67 bits per heavy atom. The third-order valence-corrected chi connectivity index (χ3v) is 5.48. The van der Waals surface area contributed by atoms with Crippen molar-refractivity contribution in [3.63, 3.8) is 0 Å². The Hall–Kier alpha value is -0.980. The van der Waals surface area contributed by atoms with Crippen molar-refractivity contribution in [2.45, 2.75) is 44.9 Å². The number of amides is 2. The van der Waals surface area contributed by atoms with E-state index >= 15 is 0 Å². The van der Waals surface area contributed by atoms with Gasteiger partial charge in [0, 0.05) is 16.4 Å². The molecule has 1 heterocycles. The third kappa shape index (κ3) is 2.84. The minimum absolute atomic E-state index is 0.117. The van der Waals surface area contributed by atoms with Gasteiger partial charge < -0.3 is 0 Å². The highest BCUT2D eigenvalue weighted by Gasteiger charge is 2.44. The van der Waals surface area contributed by atoms with E-state index in [1.54, 1.807) is 0 Å². The number of anilines is 1. The molecular formula is C16H17FINO2. The fourth-order valence-corrected chi connectivity index (χ4v) is 4.31. The van der Waals surface area contributed by atoms with Gasteiger partial charge in [0.2, 0.25) is 11.8 Å².